The van der Waals surface area contributed by atoms with E-state index in [1.807, 2.05) is 4.90 Å². The maximum Gasteiger partial charge on any atom is 0.416 e. The minimum absolute atomic E-state index is 0.00913. The van der Waals surface area contributed by atoms with Crippen molar-refractivity contribution in [3.63, 3.8) is 0 Å². The lowest BCUT2D eigenvalue weighted by Gasteiger charge is -2.38. The van der Waals surface area contributed by atoms with Crippen molar-refractivity contribution in [2.75, 3.05) is 37.6 Å². The number of halogens is 3. The number of carboxylic acids is 2. The number of nitrogens with zero attached hydrogens (tertiary/aromatic N) is 3. The number of alkyl halides is 3. The second-order valence-electron chi connectivity index (χ2n) is 9.38. The highest BCUT2D eigenvalue weighted by Gasteiger charge is 2.34. The summed E-state index contributed by atoms with van der Waals surface area (Å²) in [5.41, 5.74) is -2.48. The molecular weight excluding hydrogens is 543 g/mol. The van der Waals surface area contributed by atoms with E-state index in [4.69, 9.17) is 10.2 Å². The van der Waals surface area contributed by atoms with Crippen LogP contribution in [0.1, 0.15) is 37.7 Å². The summed E-state index contributed by atoms with van der Waals surface area (Å²) in [6.07, 6.45) is 2.82. The van der Waals surface area contributed by atoms with Crippen molar-refractivity contribution in [1.82, 2.24) is 4.90 Å². The van der Waals surface area contributed by atoms with Crippen molar-refractivity contribution in [2.24, 2.45) is 5.92 Å². The van der Waals surface area contributed by atoms with E-state index < -0.39 is 39.7 Å². The first-order valence-electron chi connectivity index (χ1n) is 12.3. The molecule has 14 heteroatoms. The molecule has 4 rings (SSSR count). The molecule has 0 unspecified atom stereocenters. The molecule has 2 fully saturated rings. The van der Waals surface area contributed by atoms with Crippen LogP contribution in [0.25, 0.3) is 10.1 Å². The molecule has 39 heavy (non-hydrogen) atoms. The first-order valence-corrected chi connectivity index (χ1v) is 13.1. The van der Waals surface area contributed by atoms with Crippen molar-refractivity contribution < 1.29 is 37.9 Å². The van der Waals surface area contributed by atoms with E-state index in [1.165, 1.54) is 38.2 Å². The monoisotopic (exact) mass is 571 g/mol. The van der Waals surface area contributed by atoms with Crippen molar-refractivity contribution in [3.8, 4) is 0 Å². The van der Waals surface area contributed by atoms with E-state index in [2.05, 4.69) is 4.90 Å². The zero-order chi connectivity index (χ0) is 28.7. The number of nitro benzene ring substituents is 1. The highest BCUT2D eigenvalue weighted by molar-refractivity contribution is 7.22. The third-order valence-electron chi connectivity index (χ3n) is 6.61. The van der Waals surface area contributed by atoms with Crippen LogP contribution in [0.5, 0.6) is 0 Å². The number of fused-ring (bicyclic) bond motifs is 1. The van der Waals surface area contributed by atoms with Gasteiger partial charge in [0, 0.05) is 62.4 Å². The molecular formula is C25H28F3N3O7S. The zero-order valence-electron chi connectivity index (χ0n) is 20.9. The number of carboxylic acid groups (broad SMARTS) is 2. The van der Waals surface area contributed by atoms with Crippen LogP contribution >= 0.6 is 11.3 Å². The van der Waals surface area contributed by atoms with Gasteiger partial charge in [-0.3, -0.25) is 19.8 Å². The molecule has 1 aliphatic heterocycles. The van der Waals surface area contributed by atoms with Crippen LogP contribution < -0.4 is 10.3 Å². The fourth-order valence-corrected chi connectivity index (χ4v) is 5.91. The van der Waals surface area contributed by atoms with Gasteiger partial charge in [-0.2, -0.15) is 13.2 Å². The Kier molecular flexibility index (Phi) is 10.0. The number of non-ortho nitro benzene ring substituents is 1. The second kappa shape index (κ2) is 13.0. The Labute approximate surface area is 225 Å². The highest BCUT2D eigenvalue weighted by atomic mass is 32.1. The van der Waals surface area contributed by atoms with Gasteiger partial charge in [0.25, 0.3) is 5.69 Å². The quantitative estimate of drug-likeness (QED) is 0.289. The molecule has 1 aromatic heterocycles. The van der Waals surface area contributed by atoms with E-state index in [0.29, 0.717) is 42.4 Å². The summed E-state index contributed by atoms with van der Waals surface area (Å²) in [6, 6.07) is 2.55. The molecule has 1 saturated heterocycles. The lowest BCUT2D eigenvalue weighted by Crippen LogP contribution is -2.48. The number of benzene rings is 1. The van der Waals surface area contributed by atoms with Gasteiger partial charge in [-0.1, -0.05) is 19.3 Å². The van der Waals surface area contributed by atoms with Crippen molar-refractivity contribution in [1.29, 1.82) is 0 Å². The Morgan fingerprint density at radius 3 is 2.13 bits per heavy atom. The van der Waals surface area contributed by atoms with Crippen LogP contribution in [0.3, 0.4) is 0 Å². The Morgan fingerprint density at radius 1 is 1.03 bits per heavy atom. The summed E-state index contributed by atoms with van der Waals surface area (Å²) in [4.78, 5) is 46.7. The molecule has 2 N–H and O–H groups in total. The van der Waals surface area contributed by atoms with Gasteiger partial charge in [0.15, 0.2) is 5.43 Å². The molecule has 1 aliphatic carbocycles. The summed E-state index contributed by atoms with van der Waals surface area (Å²) in [5, 5.41) is 27.4. The first-order chi connectivity index (χ1) is 18.3. The van der Waals surface area contributed by atoms with Gasteiger partial charge in [-0.25, -0.2) is 9.59 Å². The summed E-state index contributed by atoms with van der Waals surface area (Å²) in [6.45, 7) is 4.12. The fourth-order valence-electron chi connectivity index (χ4n) is 4.71. The summed E-state index contributed by atoms with van der Waals surface area (Å²) in [7, 11) is 0. The Balaban J connectivity index is 0.000000459. The summed E-state index contributed by atoms with van der Waals surface area (Å²) < 4.78 is 39.4. The Hall–Kier alpha value is -3.52. The Morgan fingerprint density at radius 2 is 1.62 bits per heavy atom. The number of nitro groups is 1. The average Bonchev–Trinajstić information content (AvgIpc) is 2.87. The predicted molar refractivity (Wildman–Crippen MR) is 139 cm³/mol. The maximum absolute atomic E-state index is 13.1. The lowest BCUT2D eigenvalue weighted by molar-refractivity contribution is -0.383. The largest absolute Gasteiger partial charge is 0.478 e. The maximum atomic E-state index is 13.1. The topological polar surface area (TPSA) is 141 Å². The van der Waals surface area contributed by atoms with Crippen molar-refractivity contribution >= 4 is 44.1 Å². The summed E-state index contributed by atoms with van der Waals surface area (Å²) in [5.74, 6) is -1.78. The number of piperazine rings is 1. The average molecular weight is 572 g/mol. The minimum atomic E-state index is -4.76. The first kappa shape index (κ1) is 30.0. The summed E-state index contributed by atoms with van der Waals surface area (Å²) >= 11 is 1.02. The smallest absolute Gasteiger partial charge is 0.416 e. The van der Waals surface area contributed by atoms with Gasteiger partial charge < -0.3 is 15.1 Å². The van der Waals surface area contributed by atoms with Gasteiger partial charge in [0.1, 0.15) is 4.70 Å². The van der Waals surface area contributed by atoms with Gasteiger partial charge in [0.2, 0.25) is 0 Å². The number of hydrogen-bond acceptors (Lipinski definition) is 8. The fraction of sp³-hybridized carbons (Fsp3) is 0.480. The Bertz CT molecular complexity index is 1280. The molecule has 0 amide bonds. The van der Waals surface area contributed by atoms with Gasteiger partial charge in [0.05, 0.1) is 15.5 Å². The molecule has 0 atom stereocenters. The lowest BCUT2D eigenvalue weighted by atomic mass is 9.89. The van der Waals surface area contributed by atoms with Gasteiger partial charge >= 0.3 is 18.1 Å². The van der Waals surface area contributed by atoms with E-state index in [9.17, 15) is 37.7 Å². The van der Waals surface area contributed by atoms with Crippen LogP contribution in [-0.4, -0.2) is 64.7 Å². The molecule has 2 heterocycles. The van der Waals surface area contributed by atoms with Crippen LogP contribution in [0.4, 0.5) is 23.9 Å². The third-order valence-corrected chi connectivity index (χ3v) is 7.83. The second-order valence-corrected chi connectivity index (χ2v) is 10.4. The zero-order valence-corrected chi connectivity index (χ0v) is 21.7. The predicted octanol–water partition coefficient (Wildman–Crippen LogP) is 4.60. The van der Waals surface area contributed by atoms with E-state index in [-0.39, 0.29) is 10.1 Å². The van der Waals surface area contributed by atoms with Crippen molar-refractivity contribution in [2.45, 2.75) is 38.3 Å². The molecule has 212 valence electrons. The normalized spacial score (nSPS) is 17.2. The molecule has 1 saturated carbocycles. The number of carbonyl (C=O) groups is 2. The number of aliphatic carboxylic acids is 2. The minimum Gasteiger partial charge on any atom is -0.478 e. The van der Waals surface area contributed by atoms with Crippen LogP contribution in [0.15, 0.2) is 35.1 Å². The number of hydrogen-bond donors (Lipinski definition) is 2. The van der Waals surface area contributed by atoms with Crippen LogP contribution in [0, 0.1) is 16.0 Å². The molecule has 0 bridgehead atoms. The van der Waals surface area contributed by atoms with E-state index >= 15 is 0 Å². The molecule has 0 spiro atoms. The van der Waals surface area contributed by atoms with Crippen LogP contribution in [0.2, 0.25) is 0 Å². The van der Waals surface area contributed by atoms with Crippen LogP contribution in [-0.2, 0) is 15.8 Å². The van der Waals surface area contributed by atoms with Crippen molar-refractivity contribution in [3.05, 3.63) is 56.3 Å². The molecule has 0 radical (unpaired) electrons. The highest BCUT2D eigenvalue weighted by Crippen LogP contribution is 2.39. The van der Waals surface area contributed by atoms with Gasteiger partial charge in [-0.15, -0.1) is 11.3 Å². The number of anilines is 1. The van der Waals surface area contributed by atoms with E-state index in [0.717, 1.165) is 36.9 Å². The molecule has 2 aromatic rings. The van der Waals surface area contributed by atoms with E-state index in [1.54, 1.807) is 0 Å². The SMILES string of the molecule is O=C(O)/C=C\C(=O)O.O=c1cc(N2CCN(CC3CCCCC3)CC2)sc2c([N+](=O)[O-])cc(C(F)(F)F)cc12. The molecule has 2 aliphatic rings. The number of rotatable bonds is 6. The molecule has 1 aromatic carbocycles. The molecule has 10 nitrogen and oxygen atoms in total. The standard InChI is InChI=1S/C21H24F3N3O3S.C4H4O4/c22-21(23,24)15-10-16-18(28)12-19(31-20(16)17(11-15)27(29)30)26-8-6-25(7-9-26)13-14-4-2-1-3-5-14;5-3(6)1-2-4(7)8/h10-12,14H,1-9,13H2;1-2H,(H,5,6)(H,7,8)/b;2-1-. The third kappa shape index (κ3) is 8.48. The van der Waals surface area contributed by atoms with Gasteiger partial charge in [-0.05, 0) is 24.8 Å².